The maximum Gasteiger partial charge on any atom is 0 e. The summed E-state index contributed by atoms with van der Waals surface area (Å²) in [6.07, 6.45) is 0. The number of hydrogen-bond acceptors (Lipinski definition) is 2. The van der Waals surface area contributed by atoms with Crippen LogP contribution >= 0.6 is 7.49 Å². The minimum Gasteiger partial charge on any atom is 0 e. The molecule has 3 aromatic rings. The number of rotatable bonds is 4. The molecule has 0 amide bonds. The Labute approximate surface area is 176 Å². The monoisotopic (exact) mass is 470 g/mol. The van der Waals surface area contributed by atoms with Gasteiger partial charge in [0.05, 0.1) is 0 Å². The summed E-state index contributed by atoms with van der Waals surface area (Å²) in [5.74, 6) is -0.244. The Morgan fingerprint density at radius 2 is 0.963 bits per heavy atom. The first kappa shape index (κ1) is 21.5. The van der Waals surface area contributed by atoms with Gasteiger partial charge in [-0.3, -0.25) is 0 Å². The van der Waals surface area contributed by atoms with Crippen LogP contribution in [0.1, 0.15) is 23.6 Å². The Morgan fingerprint density at radius 3 is 1.22 bits per heavy atom. The first-order valence-corrected chi connectivity index (χ1v) is 10.8. The van der Waals surface area contributed by atoms with Crippen molar-refractivity contribution in [1.82, 2.24) is 0 Å². The molecule has 0 saturated carbocycles. The third-order valence-electron chi connectivity index (χ3n) is 4.87. The molecule has 0 aliphatic rings. The smallest absolute Gasteiger partial charge is 0 e. The van der Waals surface area contributed by atoms with Gasteiger partial charge in [0.1, 0.15) is 0 Å². The van der Waals surface area contributed by atoms with Gasteiger partial charge in [-0.15, -0.1) is 0 Å². The van der Waals surface area contributed by atoms with E-state index in [-0.39, 0.29) is 26.4 Å². The van der Waals surface area contributed by atoms with Gasteiger partial charge in [-0.2, -0.15) is 0 Å². The SMILES string of the molecule is CC(=O)O[PH](c1ccccc1C)(c1ccccc1C)c1ccccc1C.[Pd]. The Balaban J connectivity index is 0.00000261. The Bertz CT molecular complexity index is 841. The van der Waals surface area contributed by atoms with Crippen LogP contribution in [0.15, 0.2) is 72.8 Å². The number of carbonyl (C=O) groups is 1. The van der Waals surface area contributed by atoms with Gasteiger partial charge in [-0.1, -0.05) is 0 Å². The maximum absolute atomic E-state index is 12.3. The zero-order valence-corrected chi connectivity index (χ0v) is 18.6. The van der Waals surface area contributed by atoms with Crippen molar-refractivity contribution in [2.45, 2.75) is 27.7 Å². The molecule has 0 atom stereocenters. The third-order valence-corrected chi connectivity index (χ3v) is 9.42. The van der Waals surface area contributed by atoms with Crippen molar-refractivity contribution in [2.24, 2.45) is 0 Å². The van der Waals surface area contributed by atoms with E-state index >= 15 is 0 Å². The van der Waals surface area contributed by atoms with Crippen molar-refractivity contribution in [1.29, 1.82) is 0 Å². The fourth-order valence-corrected chi connectivity index (χ4v) is 8.26. The molecule has 0 radical (unpaired) electrons. The minimum absolute atomic E-state index is 0. The molecular formula is C23H25O2PPd. The van der Waals surface area contributed by atoms with E-state index in [4.69, 9.17) is 4.52 Å². The van der Waals surface area contributed by atoms with E-state index in [2.05, 4.69) is 57.2 Å². The summed E-state index contributed by atoms with van der Waals surface area (Å²) in [7, 11) is -2.97. The van der Waals surface area contributed by atoms with Crippen LogP contribution < -0.4 is 15.9 Å². The van der Waals surface area contributed by atoms with Gasteiger partial charge in [0, 0.05) is 20.4 Å². The molecule has 0 bridgehead atoms. The van der Waals surface area contributed by atoms with Gasteiger partial charge in [0.25, 0.3) is 0 Å². The Kier molecular flexibility index (Phi) is 7.13. The predicted molar refractivity (Wildman–Crippen MR) is 113 cm³/mol. The fourth-order valence-electron chi connectivity index (χ4n) is 3.72. The topological polar surface area (TPSA) is 26.3 Å². The van der Waals surface area contributed by atoms with Crippen molar-refractivity contribution >= 4 is 29.4 Å². The molecule has 0 saturated heterocycles. The molecule has 27 heavy (non-hydrogen) atoms. The summed E-state index contributed by atoms with van der Waals surface area (Å²) >= 11 is 0. The second kappa shape index (κ2) is 8.94. The average molecular weight is 471 g/mol. The van der Waals surface area contributed by atoms with Gasteiger partial charge in [-0.05, 0) is 0 Å². The first-order chi connectivity index (χ1) is 12.5. The van der Waals surface area contributed by atoms with Crippen LogP contribution in [0.2, 0.25) is 0 Å². The van der Waals surface area contributed by atoms with Crippen LogP contribution in [-0.4, -0.2) is 5.97 Å². The second-order valence-corrected chi connectivity index (χ2v) is 9.90. The summed E-state index contributed by atoms with van der Waals surface area (Å²) < 4.78 is 6.34. The molecule has 0 aromatic heterocycles. The van der Waals surface area contributed by atoms with Crippen molar-refractivity contribution in [2.75, 3.05) is 0 Å². The summed E-state index contributed by atoms with van der Waals surface area (Å²) in [5.41, 5.74) is 3.44. The summed E-state index contributed by atoms with van der Waals surface area (Å²) in [6.45, 7) is 7.79. The van der Waals surface area contributed by atoms with E-state index in [1.54, 1.807) is 0 Å². The van der Waals surface area contributed by atoms with Crippen LogP contribution in [-0.2, 0) is 29.7 Å². The zero-order valence-electron chi connectivity index (χ0n) is 16.1. The molecule has 0 aliphatic carbocycles. The molecule has 0 spiro atoms. The molecule has 4 heteroatoms. The first-order valence-electron chi connectivity index (χ1n) is 8.84. The molecular weight excluding hydrogens is 446 g/mol. The standard InChI is InChI=1S/C23H25O2P.Pd/c1-17-11-5-8-14-21(17)26(25-20(4)24,22-15-9-6-12-18(22)2)23-16-10-7-13-19(23)3;/h5-16,26H,1-4H3;. The quantitative estimate of drug-likeness (QED) is 0.424. The van der Waals surface area contributed by atoms with Gasteiger partial charge in [0.15, 0.2) is 0 Å². The van der Waals surface area contributed by atoms with E-state index in [1.165, 1.54) is 6.92 Å². The number of aryl methyl sites for hydroxylation is 3. The summed E-state index contributed by atoms with van der Waals surface area (Å²) in [4.78, 5) is 12.3. The molecule has 3 aromatic carbocycles. The maximum atomic E-state index is 12.3. The van der Waals surface area contributed by atoms with Crippen LogP contribution in [0.5, 0.6) is 0 Å². The van der Waals surface area contributed by atoms with E-state index in [1.807, 2.05) is 36.4 Å². The molecule has 0 heterocycles. The van der Waals surface area contributed by atoms with Gasteiger partial charge in [0.2, 0.25) is 0 Å². The van der Waals surface area contributed by atoms with E-state index in [0.717, 1.165) is 32.6 Å². The molecule has 3 rings (SSSR count). The average Bonchev–Trinajstić information content (AvgIpc) is 2.61. The van der Waals surface area contributed by atoms with Crippen molar-refractivity contribution in [3.8, 4) is 0 Å². The van der Waals surface area contributed by atoms with Crippen molar-refractivity contribution < 1.29 is 29.7 Å². The Morgan fingerprint density at radius 1 is 0.667 bits per heavy atom. The number of benzene rings is 3. The number of hydrogen-bond donors (Lipinski definition) is 0. The van der Waals surface area contributed by atoms with Gasteiger partial charge >= 0.3 is 156 Å². The third kappa shape index (κ3) is 4.07. The second-order valence-electron chi connectivity index (χ2n) is 6.72. The van der Waals surface area contributed by atoms with Gasteiger partial charge < -0.3 is 0 Å². The van der Waals surface area contributed by atoms with Gasteiger partial charge in [-0.25, -0.2) is 0 Å². The van der Waals surface area contributed by atoms with E-state index < -0.39 is 7.49 Å². The normalized spacial score (nSPS) is 11.4. The van der Waals surface area contributed by atoms with E-state index in [0.29, 0.717) is 0 Å². The number of carbonyl (C=O) groups excluding carboxylic acids is 1. The molecule has 0 N–H and O–H groups in total. The van der Waals surface area contributed by atoms with Crippen LogP contribution in [0, 0.1) is 20.8 Å². The molecule has 0 fully saturated rings. The largest absolute Gasteiger partial charge is 0 e. The van der Waals surface area contributed by atoms with Crippen LogP contribution in [0.3, 0.4) is 0 Å². The molecule has 0 unspecified atom stereocenters. The molecule has 144 valence electrons. The van der Waals surface area contributed by atoms with Crippen molar-refractivity contribution in [3.05, 3.63) is 89.5 Å². The van der Waals surface area contributed by atoms with Crippen LogP contribution in [0.25, 0.3) is 0 Å². The van der Waals surface area contributed by atoms with E-state index in [9.17, 15) is 4.79 Å². The summed E-state index contributed by atoms with van der Waals surface area (Å²) in [5, 5.41) is 3.37. The predicted octanol–water partition coefficient (Wildman–Crippen LogP) is 4.11. The Hall–Kier alpha value is -1.78. The summed E-state index contributed by atoms with van der Waals surface area (Å²) in [6, 6.07) is 24.8. The van der Waals surface area contributed by atoms with Crippen LogP contribution in [0.4, 0.5) is 0 Å². The molecule has 0 aliphatic heterocycles. The minimum atomic E-state index is -2.97. The zero-order chi connectivity index (χ0) is 18.7. The van der Waals surface area contributed by atoms with Crippen molar-refractivity contribution in [3.63, 3.8) is 0 Å². The molecule has 2 nitrogen and oxygen atoms in total. The fraction of sp³-hybridized carbons (Fsp3) is 0.174.